The second-order valence-electron chi connectivity index (χ2n) is 5.62. The Labute approximate surface area is 142 Å². The summed E-state index contributed by atoms with van der Waals surface area (Å²) in [6.07, 6.45) is 1.06. The van der Waals surface area contributed by atoms with E-state index in [1.54, 1.807) is 14.2 Å². The molecule has 0 aliphatic carbocycles. The van der Waals surface area contributed by atoms with Crippen LogP contribution < -0.4 is 14.8 Å². The summed E-state index contributed by atoms with van der Waals surface area (Å²) in [5.41, 5.74) is 3.29. The molecule has 0 fully saturated rings. The molecule has 0 saturated carbocycles. The van der Waals surface area contributed by atoms with Gasteiger partial charge in [-0.1, -0.05) is 25.1 Å². The lowest BCUT2D eigenvalue weighted by molar-refractivity contribution is 0.354. The molecule has 1 aromatic heterocycles. The number of para-hydroxylation sites is 2. The molecule has 3 aromatic rings. The number of aromatic nitrogens is 2. The number of anilines is 1. The van der Waals surface area contributed by atoms with Crippen molar-refractivity contribution in [2.45, 2.75) is 26.4 Å². The van der Waals surface area contributed by atoms with Gasteiger partial charge in [0.25, 0.3) is 0 Å². The van der Waals surface area contributed by atoms with Crippen molar-refractivity contribution in [3.05, 3.63) is 48.0 Å². The van der Waals surface area contributed by atoms with Crippen molar-refractivity contribution in [3.63, 3.8) is 0 Å². The van der Waals surface area contributed by atoms with Gasteiger partial charge >= 0.3 is 0 Å². The van der Waals surface area contributed by atoms with E-state index in [4.69, 9.17) is 14.5 Å². The summed E-state index contributed by atoms with van der Waals surface area (Å²) in [4.78, 5) is 4.72. The van der Waals surface area contributed by atoms with E-state index in [2.05, 4.69) is 22.9 Å². The highest BCUT2D eigenvalue weighted by Gasteiger charge is 2.10. The zero-order valence-corrected chi connectivity index (χ0v) is 14.4. The Balaban J connectivity index is 1.84. The molecule has 0 spiro atoms. The molecule has 0 aliphatic heterocycles. The normalized spacial score (nSPS) is 10.8. The molecule has 0 amide bonds. The number of fused-ring (bicyclic) bond motifs is 1. The average Bonchev–Trinajstić information content (AvgIpc) is 2.98. The molecule has 5 nitrogen and oxygen atoms in total. The lowest BCUT2D eigenvalue weighted by Crippen LogP contribution is -2.08. The molecule has 3 rings (SSSR count). The van der Waals surface area contributed by atoms with Crippen LogP contribution in [0.15, 0.2) is 42.5 Å². The number of rotatable bonds is 7. The summed E-state index contributed by atoms with van der Waals surface area (Å²) >= 11 is 0. The largest absolute Gasteiger partial charge is 0.493 e. The molecule has 0 unspecified atom stereocenters. The highest BCUT2D eigenvalue weighted by atomic mass is 16.5. The van der Waals surface area contributed by atoms with Gasteiger partial charge in [-0.2, -0.15) is 0 Å². The Bertz CT molecular complexity index is 827. The number of imidazole rings is 1. The van der Waals surface area contributed by atoms with Crippen LogP contribution in [0.2, 0.25) is 0 Å². The molecule has 0 atom stereocenters. The van der Waals surface area contributed by atoms with E-state index in [-0.39, 0.29) is 0 Å². The van der Waals surface area contributed by atoms with Gasteiger partial charge in [0.15, 0.2) is 11.5 Å². The van der Waals surface area contributed by atoms with Crippen LogP contribution in [0.1, 0.15) is 18.9 Å². The smallest absolute Gasteiger partial charge is 0.204 e. The highest BCUT2D eigenvalue weighted by molar-refractivity contribution is 5.78. The van der Waals surface area contributed by atoms with E-state index >= 15 is 0 Å². The molecule has 1 heterocycles. The Morgan fingerprint density at radius 2 is 1.83 bits per heavy atom. The van der Waals surface area contributed by atoms with Gasteiger partial charge in [-0.15, -0.1) is 0 Å². The number of methoxy groups -OCH3 is 2. The third kappa shape index (κ3) is 3.15. The molecule has 24 heavy (non-hydrogen) atoms. The first-order valence-electron chi connectivity index (χ1n) is 8.16. The maximum atomic E-state index is 5.37. The van der Waals surface area contributed by atoms with Gasteiger partial charge in [0.1, 0.15) is 0 Å². The van der Waals surface area contributed by atoms with Gasteiger partial charge in [-0.05, 0) is 36.2 Å². The van der Waals surface area contributed by atoms with Gasteiger partial charge in [0, 0.05) is 13.1 Å². The third-order valence-electron chi connectivity index (χ3n) is 4.00. The second-order valence-corrected chi connectivity index (χ2v) is 5.62. The predicted molar refractivity (Wildman–Crippen MR) is 96.9 cm³/mol. The molecule has 0 aliphatic rings. The predicted octanol–water partition coefficient (Wildman–Crippen LogP) is 4.08. The quantitative estimate of drug-likeness (QED) is 0.711. The van der Waals surface area contributed by atoms with E-state index in [9.17, 15) is 0 Å². The van der Waals surface area contributed by atoms with Crippen LogP contribution in [0, 0.1) is 0 Å². The first-order chi connectivity index (χ1) is 11.8. The Hall–Kier alpha value is -2.69. The highest BCUT2D eigenvalue weighted by Crippen LogP contribution is 2.28. The fourth-order valence-electron chi connectivity index (χ4n) is 2.83. The molecule has 1 N–H and O–H groups in total. The minimum absolute atomic E-state index is 0.674. The van der Waals surface area contributed by atoms with Crippen molar-refractivity contribution in [2.75, 3.05) is 19.5 Å². The number of aryl methyl sites for hydroxylation is 1. The minimum Gasteiger partial charge on any atom is -0.493 e. The Morgan fingerprint density at radius 3 is 2.58 bits per heavy atom. The summed E-state index contributed by atoms with van der Waals surface area (Å²) < 4.78 is 12.9. The number of hydrogen-bond acceptors (Lipinski definition) is 4. The van der Waals surface area contributed by atoms with Crippen molar-refractivity contribution < 1.29 is 9.47 Å². The van der Waals surface area contributed by atoms with E-state index in [0.29, 0.717) is 6.54 Å². The SMILES string of the molecule is CCCn1c(NCc2ccc(OC)c(OC)c2)nc2ccccc21. The van der Waals surface area contributed by atoms with Crippen LogP contribution in [-0.2, 0) is 13.1 Å². The second kappa shape index (κ2) is 7.25. The van der Waals surface area contributed by atoms with Crippen molar-refractivity contribution in [2.24, 2.45) is 0 Å². The molecule has 0 saturated heterocycles. The van der Waals surface area contributed by atoms with Gasteiger partial charge in [0.05, 0.1) is 25.3 Å². The van der Waals surface area contributed by atoms with Crippen LogP contribution in [0.25, 0.3) is 11.0 Å². The lowest BCUT2D eigenvalue weighted by Gasteiger charge is -2.12. The summed E-state index contributed by atoms with van der Waals surface area (Å²) in [5.74, 6) is 2.37. The first kappa shape index (κ1) is 16.2. The minimum atomic E-state index is 0.674. The van der Waals surface area contributed by atoms with Crippen molar-refractivity contribution in [3.8, 4) is 11.5 Å². The summed E-state index contributed by atoms with van der Waals surface area (Å²) in [6.45, 7) is 3.79. The Kier molecular flexibility index (Phi) is 4.89. The molecule has 5 heteroatoms. The fourth-order valence-corrected chi connectivity index (χ4v) is 2.83. The molecule has 0 radical (unpaired) electrons. The van der Waals surface area contributed by atoms with Crippen LogP contribution in [-0.4, -0.2) is 23.8 Å². The van der Waals surface area contributed by atoms with Crippen LogP contribution in [0.3, 0.4) is 0 Å². The van der Waals surface area contributed by atoms with E-state index in [1.807, 2.05) is 36.4 Å². The van der Waals surface area contributed by atoms with E-state index < -0.39 is 0 Å². The zero-order chi connectivity index (χ0) is 16.9. The monoisotopic (exact) mass is 325 g/mol. The van der Waals surface area contributed by atoms with Crippen molar-refractivity contribution in [1.82, 2.24) is 9.55 Å². The van der Waals surface area contributed by atoms with Gasteiger partial charge in [0.2, 0.25) is 5.95 Å². The van der Waals surface area contributed by atoms with Crippen molar-refractivity contribution in [1.29, 1.82) is 0 Å². The third-order valence-corrected chi connectivity index (χ3v) is 4.00. The molecule has 0 bridgehead atoms. The number of hydrogen-bond donors (Lipinski definition) is 1. The zero-order valence-electron chi connectivity index (χ0n) is 14.4. The van der Waals surface area contributed by atoms with Crippen LogP contribution in [0.5, 0.6) is 11.5 Å². The first-order valence-corrected chi connectivity index (χ1v) is 8.16. The lowest BCUT2D eigenvalue weighted by atomic mass is 10.2. The summed E-state index contributed by atoms with van der Waals surface area (Å²) in [7, 11) is 3.29. The maximum absolute atomic E-state index is 5.37. The molecule has 2 aromatic carbocycles. The molecule has 126 valence electrons. The molecular formula is C19H23N3O2. The summed E-state index contributed by atoms with van der Waals surface area (Å²) in [6, 6.07) is 14.2. The van der Waals surface area contributed by atoms with E-state index in [0.717, 1.165) is 47.0 Å². The number of ether oxygens (including phenoxy) is 2. The maximum Gasteiger partial charge on any atom is 0.204 e. The van der Waals surface area contributed by atoms with Gasteiger partial charge in [-0.3, -0.25) is 0 Å². The number of nitrogens with one attached hydrogen (secondary N) is 1. The molecular weight excluding hydrogens is 302 g/mol. The fraction of sp³-hybridized carbons (Fsp3) is 0.316. The van der Waals surface area contributed by atoms with Gasteiger partial charge < -0.3 is 19.4 Å². The summed E-state index contributed by atoms with van der Waals surface area (Å²) in [5, 5.41) is 3.45. The van der Waals surface area contributed by atoms with E-state index in [1.165, 1.54) is 0 Å². The van der Waals surface area contributed by atoms with Gasteiger partial charge in [-0.25, -0.2) is 4.98 Å². The van der Waals surface area contributed by atoms with Crippen molar-refractivity contribution >= 4 is 17.0 Å². The topological polar surface area (TPSA) is 48.3 Å². The van der Waals surface area contributed by atoms with Crippen LogP contribution >= 0.6 is 0 Å². The number of nitrogens with zero attached hydrogens (tertiary/aromatic N) is 2. The number of benzene rings is 2. The van der Waals surface area contributed by atoms with Crippen LogP contribution in [0.4, 0.5) is 5.95 Å². The Morgan fingerprint density at radius 1 is 1.04 bits per heavy atom. The average molecular weight is 325 g/mol. The standard InChI is InChI=1S/C19H23N3O2/c1-4-11-22-16-8-6-5-7-15(16)21-19(22)20-13-14-9-10-17(23-2)18(12-14)24-3/h5-10,12H,4,11,13H2,1-3H3,(H,20,21).